The summed E-state index contributed by atoms with van der Waals surface area (Å²) in [7, 11) is 0. The molecule has 0 aliphatic rings. The number of amides is 1. The molecule has 0 atom stereocenters. The first-order valence-electron chi connectivity index (χ1n) is 12.0. The number of hydrogen-bond donors (Lipinski definition) is 2. The fraction of sp³-hybridized carbons (Fsp3) is 0.129. The molecule has 184 valence electrons. The van der Waals surface area contributed by atoms with E-state index in [9.17, 15) is 14.9 Å². The van der Waals surface area contributed by atoms with Gasteiger partial charge in [0.25, 0.3) is 5.91 Å². The summed E-state index contributed by atoms with van der Waals surface area (Å²) in [6.07, 6.45) is 3.16. The van der Waals surface area contributed by atoms with Crippen molar-refractivity contribution in [2.45, 2.75) is 19.4 Å². The summed E-state index contributed by atoms with van der Waals surface area (Å²) >= 11 is 0. The van der Waals surface area contributed by atoms with Crippen LogP contribution in [0.3, 0.4) is 0 Å². The van der Waals surface area contributed by atoms with Crippen molar-refractivity contribution in [2.24, 2.45) is 0 Å². The van der Waals surface area contributed by atoms with Crippen LogP contribution in [0.25, 0.3) is 16.8 Å². The number of benzene rings is 4. The molecule has 0 unspecified atom stereocenters. The van der Waals surface area contributed by atoms with Gasteiger partial charge in [0.1, 0.15) is 24.0 Å². The molecule has 6 nitrogen and oxygen atoms in total. The highest BCUT2D eigenvalue weighted by Crippen LogP contribution is 2.31. The topological polar surface area (TPSA) is 99.4 Å². The predicted octanol–water partition coefficient (Wildman–Crippen LogP) is 5.77. The summed E-state index contributed by atoms with van der Waals surface area (Å²) in [6, 6.07) is 29.9. The minimum atomic E-state index is -0.989. The van der Waals surface area contributed by atoms with Gasteiger partial charge in [-0.2, -0.15) is 5.26 Å². The van der Waals surface area contributed by atoms with Crippen molar-refractivity contribution < 1.29 is 19.4 Å². The second kappa shape index (κ2) is 12.2. The van der Waals surface area contributed by atoms with Crippen LogP contribution >= 0.6 is 0 Å². The fourth-order valence-electron chi connectivity index (χ4n) is 3.98. The van der Waals surface area contributed by atoms with Crippen molar-refractivity contribution in [3.63, 3.8) is 0 Å². The first kappa shape index (κ1) is 25.2. The van der Waals surface area contributed by atoms with Crippen molar-refractivity contribution in [1.82, 2.24) is 5.32 Å². The van der Waals surface area contributed by atoms with Gasteiger partial charge in [-0.05, 0) is 59.0 Å². The van der Waals surface area contributed by atoms with Crippen LogP contribution in [-0.4, -0.2) is 23.5 Å². The zero-order valence-electron chi connectivity index (χ0n) is 20.2. The van der Waals surface area contributed by atoms with Gasteiger partial charge in [-0.25, -0.2) is 4.79 Å². The van der Waals surface area contributed by atoms with Crippen LogP contribution in [0.15, 0.2) is 96.6 Å². The minimum Gasteiger partial charge on any atom is -0.488 e. The van der Waals surface area contributed by atoms with E-state index in [1.54, 1.807) is 18.2 Å². The Morgan fingerprint density at radius 1 is 0.892 bits per heavy atom. The maximum Gasteiger partial charge on any atom is 0.335 e. The minimum absolute atomic E-state index is 0.00766. The monoisotopic (exact) mass is 490 g/mol. The second-order valence-electron chi connectivity index (χ2n) is 8.50. The summed E-state index contributed by atoms with van der Waals surface area (Å²) in [5.74, 6) is -0.902. The molecular formula is C31H26N2O4. The normalized spacial score (nSPS) is 11.1. The molecule has 1 amide bonds. The first-order valence-corrected chi connectivity index (χ1v) is 12.0. The van der Waals surface area contributed by atoms with Gasteiger partial charge in [-0.3, -0.25) is 4.79 Å². The summed E-state index contributed by atoms with van der Waals surface area (Å²) in [4.78, 5) is 23.9. The number of hydrogen-bond acceptors (Lipinski definition) is 4. The van der Waals surface area contributed by atoms with E-state index >= 15 is 0 Å². The molecule has 0 spiro atoms. The van der Waals surface area contributed by atoms with E-state index in [-0.39, 0.29) is 17.7 Å². The van der Waals surface area contributed by atoms with Crippen LogP contribution in [0.2, 0.25) is 0 Å². The lowest BCUT2D eigenvalue weighted by Crippen LogP contribution is -2.25. The van der Waals surface area contributed by atoms with Gasteiger partial charge in [0, 0.05) is 12.1 Å². The van der Waals surface area contributed by atoms with Gasteiger partial charge in [0.15, 0.2) is 0 Å². The Kier molecular flexibility index (Phi) is 8.30. The molecule has 0 saturated heterocycles. The predicted molar refractivity (Wildman–Crippen MR) is 143 cm³/mol. The quantitative estimate of drug-likeness (QED) is 0.167. The van der Waals surface area contributed by atoms with Crippen molar-refractivity contribution in [1.29, 1.82) is 5.26 Å². The number of carboxylic acids is 1. The van der Waals surface area contributed by atoms with Crippen LogP contribution in [0.5, 0.6) is 5.75 Å². The molecule has 0 fully saturated rings. The van der Waals surface area contributed by atoms with E-state index in [4.69, 9.17) is 9.84 Å². The standard InChI is InChI=1S/C31H26N2O4/c32-20-26(30(34)33-18-6-9-22-7-2-1-3-8-22)19-28-27-11-5-4-10-24(27)16-17-29(28)37-21-23-12-14-25(15-13-23)31(35)36/h1-5,7-8,10-17,19H,6,9,18,21H2,(H,33,34)(H,35,36)/b26-19-. The zero-order valence-corrected chi connectivity index (χ0v) is 20.2. The molecule has 6 heteroatoms. The van der Waals surface area contributed by atoms with Crippen molar-refractivity contribution >= 4 is 28.7 Å². The molecule has 4 aromatic rings. The molecule has 0 aromatic heterocycles. The van der Waals surface area contributed by atoms with E-state index in [0.29, 0.717) is 17.9 Å². The Morgan fingerprint density at radius 3 is 2.35 bits per heavy atom. The molecule has 2 N–H and O–H groups in total. The number of carboxylic acid groups (broad SMARTS) is 1. The third-order valence-corrected chi connectivity index (χ3v) is 5.95. The van der Waals surface area contributed by atoms with E-state index in [1.165, 1.54) is 17.7 Å². The third-order valence-electron chi connectivity index (χ3n) is 5.95. The molecule has 0 aliphatic carbocycles. The lowest BCUT2D eigenvalue weighted by atomic mass is 10.0. The molecule has 0 aliphatic heterocycles. The van der Waals surface area contributed by atoms with Gasteiger partial charge in [-0.15, -0.1) is 0 Å². The lowest BCUT2D eigenvalue weighted by Gasteiger charge is -2.13. The number of nitrogens with zero attached hydrogens (tertiary/aromatic N) is 1. The number of rotatable bonds is 10. The summed E-state index contributed by atoms with van der Waals surface area (Å²) in [5, 5.41) is 23.5. The number of nitriles is 1. The highest BCUT2D eigenvalue weighted by molar-refractivity contribution is 6.05. The van der Waals surface area contributed by atoms with Gasteiger partial charge in [0.2, 0.25) is 0 Å². The molecule has 37 heavy (non-hydrogen) atoms. The molecule has 4 aromatic carbocycles. The zero-order chi connectivity index (χ0) is 26.0. The summed E-state index contributed by atoms with van der Waals surface area (Å²) < 4.78 is 6.07. The average molecular weight is 491 g/mol. The second-order valence-corrected chi connectivity index (χ2v) is 8.50. The van der Waals surface area contributed by atoms with Crippen molar-refractivity contribution in [2.75, 3.05) is 6.54 Å². The molecule has 0 heterocycles. The molecule has 0 saturated carbocycles. The van der Waals surface area contributed by atoms with Crippen LogP contribution in [-0.2, 0) is 17.8 Å². The SMILES string of the molecule is N#C/C(=C/c1c(OCc2ccc(C(=O)O)cc2)ccc2ccccc12)C(=O)NCCCc1ccccc1. The number of carbonyl (C=O) groups is 2. The summed E-state index contributed by atoms with van der Waals surface area (Å²) in [6.45, 7) is 0.657. The van der Waals surface area contributed by atoms with Crippen LogP contribution in [0.1, 0.15) is 33.5 Å². The number of nitrogens with one attached hydrogen (secondary N) is 1. The van der Waals surface area contributed by atoms with Crippen LogP contribution in [0, 0.1) is 11.3 Å². The maximum absolute atomic E-state index is 12.8. The third kappa shape index (κ3) is 6.62. The number of fused-ring (bicyclic) bond motifs is 1. The Hall–Kier alpha value is -4.89. The van der Waals surface area contributed by atoms with Crippen molar-refractivity contribution in [3.05, 3.63) is 119 Å². The van der Waals surface area contributed by atoms with Crippen molar-refractivity contribution in [3.8, 4) is 11.8 Å². The van der Waals surface area contributed by atoms with Crippen LogP contribution in [0.4, 0.5) is 0 Å². The van der Waals surface area contributed by atoms with Crippen LogP contribution < -0.4 is 10.1 Å². The average Bonchev–Trinajstić information content (AvgIpc) is 2.93. The number of ether oxygens (including phenoxy) is 1. The van der Waals surface area contributed by atoms with E-state index in [2.05, 4.69) is 5.32 Å². The maximum atomic E-state index is 12.8. The molecule has 4 rings (SSSR count). The lowest BCUT2D eigenvalue weighted by molar-refractivity contribution is -0.117. The van der Waals surface area contributed by atoms with E-state index < -0.39 is 11.9 Å². The summed E-state index contributed by atoms with van der Waals surface area (Å²) in [5.41, 5.74) is 2.82. The van der Waals surface area contributed by atoms with Gasteiger partial charge < -0.3 is 15.2 Å². The highest BCUT2D eigenvalue weighted by Gasteiger charge is 2.14. The smallest absolute Gasteiger partial charge is 0.335 e. The van der Waals surface area contributed by atoms with E-state index in [1.807, 2.05) is 72.8 Å². The Bertz CT molecular complexity index is 1470. The van der Waals surface area contributed by atoms with E-state index in [0.717, 1.165) is 29.2 Å². The Morgan fingerprint density at radius 2 is 1.62 bits per heavy atom. The van der Waals surface area contributed by atoms with Gasteiger partial charge in [-0.1, -0.05) is 72.8 Å². The Labute approximate surface area is 215 Å². The number of aryl methyl sites for hydroxylation is 1. The fourth-order valence-corrected chi connectivity index (χ4v) is 3.98. The molecule has 0 bridgehead atoms. The highest BCUT2D eigenvalue weighted by atomic mass is 16.5. The molecular weight excluding hydrogens is 464 g/mol. The number of aromatic carboxylic acids is 1. The van der Waals surface area contributed by atoms with Gasteiger partial charge >= 0.3 is 5.97 Å². The molecule has 0 radical (unpaired) electrons. The first-order chi connectivity index (χ1) is 18.0. The largest absolute Gasteiger partial charge is 0.488 e. The Balaban J connectivity index is 1.52. The van der Waals surface area contributed by atoms with Gasteiger partial charge in [0.05, 0.1) is 5.56 Å². The number of carbonyl (C=O) groups excluding carboxylic acids is 1.